The molecule has 2 heterocycles. The molecule has 0 N–H and O–H groups in total. The van der Waals surface area contributed by atoms with Gasteiger partial charge in [-0.25, -0.2) is 13.4 Å². The van der Waals surface area contributed by atoms with Gasteiger partial charge in [-0.3, -0.25) is 4.57 Å². The summed E-state index contributed by atoms with van der Waals surface area (Å²) >= 11 is 0. The van der Waals surface area contributed by atoms with Crippen molar-refractivity contribution in [3.8, 4) is 45.1 Å². The molecule has 0 fully saturated rings. The summed E-state index contributed by atoms with van der Waals surface area (Å²) in [5.41, 5.74) is 11.3. The molecule has 0 saturated carbocycles. The molecule has 0 radical (unpaired) electrons. The van der Waals surface area contributed by atoms with E-state index in [0.717, 1.165) is 49.6 Å². The molecular weight excluding hydrogens is 647 g/mol. The number of rotatable bonds is 3. The molecule has 0 spiro atoms. The molecule has 1 aromatic heterocycles. The van der Waals surface area contributed by atoms with Crippen LogP contribution in [0.3, 0.4) is 0 Å². The van der Waals surface area contributed by atoms with Crippen LogP contribution in [0, 0.1) is 11.3 Å². The number of benzene rings is 7. The molecule has 51 heavy (non-hydrogen) atoms. The van der Waals surface area contributed by atoms with Crippen LogP contribution in [0.15, 0.2) is 131 Å². The first kappa shape index (κ1) is 29.8. The lowest BCUT2D eigenvalue weighted by atomic mass is 9.80. The Morgan fingerprint density at radius 2 is 1.29 bits per heavy atom. The van der Waals surface area contributed by atoms with Gasteiger partial charge in [0.25, 0.3) is 0 Å². The third-order valence-electron chi connectivity index (χ3n) is 11.1. The normalized spacial score (nSPS) is 14.7. The molecule has 7 aromatic carbocycles. The minimum Gasteiger partial charge on any atom is -0.293 e. The summed E-state index contributed by atoms with van der Waals surface area (Å²) in [6.07, 6.45) is 0.652. The Kier molecular flexibility index (Phi) is 6.00. The van der Waals surface area contributed by atoms with E-state index in [1.165, 1.54) is 22.3 Å². The SMILES string of the molecule is CCc1nc2cccc3c2n1-c1c(-c2c4ccccc4c(-c4ccc5c(c4)C(C)(C)c4cc(C#N)ccc4-5)c4ccccc24)cccc1S3(=O)=O. The van der Waals surface area contributed by atoms with Gasteiger partial charge in [-0.1, -0.05) is 106 Å². The van der Waals surface area contributed by atoms with Crippen LogP contribution in [-0.2, 0) is 21.7 Å². The van der Waals surface area contributed by atoms with Gasteiger partial charge in [0.05, 0.1) is 38.1 Å². The fraction of sp³-hybridized carbons (Fsp3) is 0.111. The van der Waals surface area contributed by atoms with Gasteiger partial charge >= 0.3 is 0 Å². The molecule has 0 atom stereocenters. The lowest BCUT2D eigenvalue weighted by molar-refractivity contribution is 0.594. The van der Waals surface area contributed by atoms with Crippen LogP contribution in [-0.4, -0.2) is 18.0 Å². The van der Waals surface area contributed by atoms with Crippen molar-refractivity contribution < 1.29 is 8.42 Å². The molecule has 244 valence electrons. The van der Waals surface area contributed by atoms with Gasteiger partial charge in [-0.2, -0.15) is 5.26 Å². The van der Waals surface area contributed by atoms with E-state index in [4.69, 9.17) is 4.98 Å². The highest BCUT2D eigenvalue weighted by molar-refractivity contribution is 7.92. The predicted octanol–water partition coefficient (Wildman–Crippen LogP) is 10.6. The van der Waals surface area contributed by atoms with Crippen molar-refractivity contribution in [2.45, 2.75) is 42.4 Å². The fourth-order valence-electron chi connectivity index (χ4n) is 8.82. The number of para-hydroxylation sites is 2. The predicted molar refractivity (Wildman–Crippen MR) is 204 cm³/mol. The standard InChI is InChI=1S/C45H31N3O2S/c1-4-40-47-37-16-10-18-39-44(37)48(40)43-34(15-9-17-38(43)51(39,49)50)42-32-13-7-5-11-30(32)41(31-12-6-8-14-33(31)42)27-20-22-29-28-21-19-26(25-46)23-35(28)45(2,3)36(29)24-27/h5-24H,4H2,1-3H3. The first-order chi connectivity index (χ1) is 24.7. The molecule has 1 aliphatic heterocycles. The molecule has 10 rings (SSSR count). The zero-order valence-corrected chi connectivity index (χ0v) is 29.1. The molecule has 0 saturated heterocycles. The molecule has 2 aliphatic rings. The highest BCUT2D eigenvalue weighted by Gasteiger charge is 2.37. The molecule has 6 heteroatoms. The van der Waals surface area contributed by atoms with Crippen molar-refractivity contribution >= 4 is 42.4 Å². The van der Waals surface area contributed by atoms with Gasteiger partial charge in [0.15, 0.2) is 0 Å². The second kappa shape index (κ2) is 10.3. The van der Waals surface area contributed by atoms with E-state index in [1.54, 1.807) is 18.2 Å². The number of imidazole rings is 1. The number of hydrogen-bond donors (Lipinski definition) is 0. The topological polar surface area (TPSA) is 75.8 Å². The molecule has 0 amide bonds. The summed E-state index contributed by atoms with van der Waals surface area (Å²) in [4.78, 5) is 5.52. The minimum absolute atomic E-state index is 0.281. The van der Waals surface area contributed by atoms with Gasteiger partial charge < -0.3 is 0 Å². The smallest absolute Gasteiger partial charge is 0.210 e. The van der Waals surface area contributed by atoms with E-state index in [-0.39, 0.29) is 5.41 Å². The van der Waals surface area contributed by atoms with Crippen molar-refractivity contribution in [2.24, 2.45) is 0 Å². The largest absolute Gasteiger partial charge is 0.293 e. The highest BCUT2D eigenvalue weighted by atomic mass is 32.2. The summed E-state index contributed by atoms with van der Waals surface area (Å²) in [6.45, 7) is 6.54. The van der Waals surface area contributed by atoms with Crippen LogP contribution < -0.4 is 0 Å². The van der Waals surface area contributed by atoms with Crippen molar-refractivity contribution in [2.75, 3.05) is 0 Å². The summed E-state index contributed by atoms with van der Waals surface area (Å²) in [6, 6.07) is 43.1. The first-order valence-corrected chi connectivity index (χ1v) is 18.7. The third kappa shape index (κ3) is 3.84. The summed E-state index contributed by atoms with van der Waals surface area (Å²) < 4.78 is 30.8. The van der Waals surface area contributed by atoms with Crippen molar-refractivity contribution in [1.29, 1.82) is 5.26 Å². The van der Waals surface area contributed by atoms with Crippen molar-refractivity contribution in [3.63, 3.8) is 0 Å². The molecule has 0 unspecified atom stereocenters. The van der Waals surface area contributed by atoms with E-state index >= 15 is 0 Å². The second-order valence-electron chi connectivity index (χ2n) is 14.1. The fourth-order valence-corrected chi connectivity index (χ4v) is 10.5. The van der Waals surface area contributed by atoms with E-state index in [0.29, 0.717) is 38.5 Å². The van der Waals surface area contributed by atoms with Gasteiger partial charge in [-0.15, -0.1) is 0 Å². The Balaban J connectivity index is 1.29. The number of sulfone groups is 1. The maximum Gasteiger partial charge on any atom is 0.210 e. The highest BCUT2D eigenvalue weighted by Crippen LogP contribution is 2.52. The quantitative estimate of drug-likeness (QED) is 0.174. The minimum atomic E-state index is -3.81. The zero-order chi connectivity index (χ0) is 34.8. The van der Waals surface area contributed by atoms with Crippen LogP contribution in [0.25, 0.3) is 71.6 Å². The van der Waals surface area contributed by atoms with Gasteiger partial charge in [0, 0.05) is 17.4 Å². The number of aromatic nitrogens is 2. The third-order valence-corrected chi connectivity index (χ3v) is 12.9. The van der Waals surface area contributed by atoms with Crippen molar-refractivity contribution in [1.82, 2.24) is 9.55 Å². The second-order valence-corrected chi connectivity index (χ2v) is 16.0. The number of fused-ring (bicyclic) bond motifs is 7. The summed E-state index contributed by atoms with van der Waals surface area (Å²) in [5.74, 6) is 0.829. The molecule has 5 nitrogen and oxygen atoms in total. The molecular formula is C45H31N3O2S. The number of nitrogens with zero attached hydrogens (tertiary/aromatic N) is 3. The van der Waals surface area contributed by atoms with Crippen LogP contribution >= 0.6 is 0 Å². The van der Waals surface area contributed by atoms with Crippen LogP contribution in [0.5, 0.6) is 0 Å². The van der Waals surface area contributed by atoms with Crippen LogP contribution in [0.2, 0.25) is 0 Å². The van der Waals surface area contributed by atoms with E-state index in [2.05, 4.69) is 110 Å². The van der Waals surface area contributed by atoms with E-state index in [1.807, 2.05) is 24.3 Å². The Morgan fingerprint density at radius 3 is 1.96 bits per heavy atom. The Morgan fingerprint density at radius 1 is 0.686 bits per heavy atom. The average molecular weight is 678 g/mol. The molecule has 1 aliphatic carbocycles. The maximum atomic E-state index is 14.3. The Bertz CT molecular complexity index is 2960. The number of hydrogen-bond acceptors (Lipinski definition) is 4. The summed E-state index contributed by atoms with van der Waals surface area (Å²) in [7, 11) is -3.81. The number of aryl methyl sites for hydroxylation is 1. The zero-order valence-electron chi connectivity index (χ0n) is 28.3. The Labute approximate surface area is 296 Å². The van der Waals surface area contributed by atoms with E-state index in [9.17, 15) is 13.7 Å². The lowest BCUT2D eigenvalue weighted by Gasteiger charge is -2.26. The van der Waals surface area contributed by atoms with E-state index < -0.39 is 9.84 Å². The molecule has 0 bridgehead atoms. The molecule has 8 aromatic rings. The summed E-state index contributed by atoms with van der Waals surface area (Å²) in [5, 5.41) is 13.9. The lowest BCUT2D eigenvalue weighted by Crippen LogP contribution is -2.17. The maximum absolute atomic E-state index is 14.3. The average Bonchev–Trinajstić information content (AvgIpc) is 3.64. The monoisotopic (exact) mass is 677 g/mol. The van der Waals surface area contributed by atoms with Gasteiger partial charge in [0.2, 0.25) is 9.84 Å². The van der Waals surface area contributed by atoms with Crippen molar-refractivity contribution in [3.05, 3.63) is 144 Å². The van der Waals surface area contributed by atoms with Crippen LogP contribution in [0.4, 0.5) is 0 Å². The van der Waals surface area contributed by atoms with Crippen LogP contribution in [0.1, 0.15) is 43.3 Å². The van der Waals surface area contributed by atoms with Gasteiger partial charge in [-0.05, 0) is 96.9 Å². The number of nitriles is 1. The first-order valence-electron chi connectivity index (χ1n) is 17.3. The Hall–Kier alpha value is -6.03. The van der Waals surface area contributed by atoms with Gasteiger partial charge in [0.1, 0.15) is 5.82 Å².